The van der Waals surface area contributed by atoms with Gasteiger partial charge in [0.1, 0.15) is 0 Å². The van der Waals surface area contributed by atoms with E-state index in [-0.39, 0.29) is 10.8 Å². The van der Waals surface area contributed by atoms with Crippen molar-refractivity contribution < 1.29 is 9.90 Å². The molecule has 0 aliphatic heterocycles. The van der Waals surface area contributed by atoms with Crippen molar-refractivity contribution in [1.29, 1.82) is 0 Å². The summed E-state index contributed by atoms with van der Waals surface area (Å²) in [5, 5.41) is 11.7. The van der Waals surface area contributed by atoms with Crippen LogP contribution in [-0.2, 0) is 11.2 Å². The molecule has 3 fully saturated rings. The Balaban J connectivity index is 1.40. The van der Waals surface area contributed by atoms with Gasteiger partial charge in [0, 0.05) is 12.8 Å². The first-order chi connectivity index (χ1) is 14.2. The van der Waals surface area contributed by atoms with E-state index < -0.39 is 5.60 Å². The minimum absolute atomic E-state index is 0.238. The highest BCUT2D eigenvalue weighted by molar-refractivity contribution is 5.91. The van der Waals surface area contributed by atoms with Crippen LogP contribution < -0.4 is 0 Å². The average Bonchev–Trinajstić information content (AvgIpc) is 3.07. The zero-order valence-corrected chi connectivity index (χ0v) is 19.0. The molecular weight excluding hydrogens is 368 g/mol. The van der Waals surface area contributed by atoms with Crippen LogP contribution in [0.4, 0.5) is 0 Å². The Morgan fingerprint density at radius 2 is 1.77 bits per heavy atom. The van der Waals surface area contributed by atoms with Crippen molar-refractivity contribution in [3.05, 3.63) is 47.5 Å². The third kappa shape index (κ3) is 3.05. The molecule has 3 saturated carbocycles. The number of aliphatic hydroxyl groups is 1. The fourth-order valence-electron chi connectivity index (χ4n) is 8.71. The van der Waals surface area contributed by atoms with Crippen LogP contribution in [0.3, 0.4) is 0 Å². The second-order valence-corrected chi connectivity index (χ2v) is 11.7. The zero-order chi connectivity index (χ0) is 21.1. The first-order valence-corrected chi connectivity index (χ1v) is 12.2. The molecule has 0 bridgehead atoms. The number of allylic oxidation sites excluding steroid dienone is 1. The summed E-state index contributed by atoms with van der Waals surface area (Å²) in [5.74, 6) is 2.92. The summed E-state index contributed by atoms with van der Waals surface area (Å²) in [6.45, 7) is 7.06. The number of ketones is 1. The monoisotopic (exact) mass is 406 g/mol. The molecule has 2 heteroatoms. The van der Waals surface area contributed by atoms with Crippen molar-refractivity contribution in [2.24, 2.45) is 34.5 Å². The Hall–Kier alpha value is -1.41. The van der Waals surface area contributed by atoms with Gasteiger partial charge in [-0.1, -0.05) is 49.8 Å². The van der Waals surface area contributed by atoms with E-state index in [1.54, 1.807) is 0 Å². The quantitative estimate of drug-likeness (QED) is 0.656. The van der Waals surface area contributed by atoms with Crippen molar-refractivity contribution in [3.63, 3.8) is 0 Å². The summed E-state index contributed by atoms with van der Waals surface area (Å²) in [6.07, 6.45) is 11.8. The van der Waals surface area contributed by atoms with Crippen LogP contribution in [0.15, 0.2) is 42.0 Å². The summed E-state index contributed by atoms with van der Waals surface area (Å²) in [6, 6.07) is 10.5. The van der Waals surface area contributed by atoms with E-state index in [9.17, 15) is 9.90 Å². The molecule has 0 aromatic heterocycles. The van der Waals surface area contributed by atoms with Gasteiger partial charge in [0.2, 0.25) is 0 Å². The molecule has 4 aliphatic rings. The lowest BCUT2D eigenvalue weighted by Gasteiger charge is -2.59. The van der Waals surface area contributed by atoms with Crippen molar-refractivity contribution in [3.8, 4) is 0 Å². The maximum Gasteiger partial charge on any atom is 0.155 e. The van der Waals surface area contributed by atoms with Gasteiger partial charge in [-0.2, -0.15) is 0 Å². The highest BCUT2D eigenvalue weighted by atomic mass is 16.3. The fourth-order valence-corrected chi connectivity index (χ4v) is 8.71. The average molecular weight is 407 g/mol. The van der Waals surface area contributed by atoms with Gasteiger partial charge in [-0.3, -0.25) is 4.79 Å². The second-order valence-electron chi connectivity index (χ2n) is 11.7. The van der Waals surface area contributed by atoms with Crippen LogP contribution in [0.2, 0.25) is 0 Å². The van der Waals surface area contributed by atoms with Gasteiger partial charge in [0.15, 0.2) is 5.78 Å². The van der Waals surface area contributed by atoms with Gasteiger partial charge in [-0.15, -0.1) is 0 Å². The number of carbonyl (C=O) groups excluding carboxylic acids is 1. The maximum atomic E-state index is 12.1. The molecule has 162 valence electrons. The van der Waals surface area contributed by atoms with Crippen LogP contribution in [0.5, 0.6) is 0 Å². The molecule has 1 N–H and O–H groups in total. The van der Waals surface area contributed by atoms with Crippen LogP contribution in [-0.4, -0.2) is 16.5 Å². The summed E-state index contributed by atoms with van der Waals surface area (Å²) in [4.78, 5) is 12.1. The van der Waals surface area contributed by atoms with E-state index >= 15 is 0 Å². The van der Waals surface area contributed by atoms with Gasteiger partial charge in [-0.25, -0.2) is 0 Å². The number of rotatable bonds is 3. The molecule has 2 nitrogen and oxygen atoms in total. The van der Waals surface area contributed by atoms with Crippen LogP contribution >= 0.6 is 0 Å². The molecule has 1 aromatic rings. The Bertz CT molecular complexity index is 853. The predicted molar refractivity (Wildman–Crippen MR) is 121 cm³/mol. The molecule has 0 amide bonds. The van der Waals surface area contributed by atoms with Crippen molar-refractivity contribution in [2.45, 2.75) is 84.2 Å². The lowest BCUT2D eigenvalue weighted by atomic mass is 9.46. The molecule has 5 rings (SSSR count). The number of hydrogen-bond donors (Lipinski definition) is 1. The summed E-state index contributed by atoms with van der Waals surface area (Å²) in [7, 11) is 0. The standard InChI is InChI=1S/C28H38O2/c1-26-15-13-21(29)17-20(26)9-10-22-23-11-12-25(27(23,2)16-14-24(22)26)28(3,30)18-19-7-5-4-6-8-19/h4-8,17,22-25,30H,9-16,18H2,1-3H3/t22-,23-,24-,25-,26-,27-,28-/m0/s1. The number of carbonyl (C=O) groups is 1. The molecule has 0 spiro atoms. The minimum atomic E-state index is -0.654. The van der Waals surface area contributed by atoms with Crippen molar-refractivity contribution in [2.75, 3.05) is 0 Å². The van der Waals surface area contributed by atoms with Crippen molar-refractivity contribution >= 4 is 5.78 Å². The number of hydrogen-bond acceptors (Lipinski definition) is 2. The Kier molecular flexibility index (Phi) is 4.82. The second kappa shape index (κ2) is 7.05. The fraction of sp³-hybridized carbons (Fsp3) is 0.679. The third-order valence-corrected chi connectivity index (χ3v) is 10.1. The zero-order valence-electron chi connectivity index (χ0n) is 19.0. The van der Waals surface area contributed by atoms with Crippen LogP contribution in [0.25, 0.3) is 0 Å². The highest BCUT2D eigenvalue weighted by Crippen LogP contribution is 2.67. The molecule has 30 heavy (non-hydrogen) atoms. The third-order valence-electron chi connectivity index (χ3n) is 10.1. The smallest absolute Gasteiger partial charge is 0.155 e. The van der Waals surface area contributed by atoms with E-state index in [1.165, 1.54) is 36.8 Å². The van der Waals surface area contributed by atoms with Crippen molar-refractivity contribution in [1.82, 2.24) is 0 Å². The number of fused-ring (bicyclic) bond motifs is 5. The Labute approximate surface area is 182 Å². The van der Waals surface area contributed by atoms with Gasteiger partial charge in [0.25, 0.3) is 0 Å². The van der Waals surface area contributed by atoms with Crippen LogP contribution in [0, 0.1) is 34.5 Å². The largest absolute Gasteiger partial charge is 0.390 e. The lowest BCUT2D eigenvalue weighted by Crippen LogP contribution is -2.53. The van der Waals surface area contributed by atoms with Crippen LogP contribution in [0.1, 0.15) is 77.7 Å². The van der Waals surface area contributed by atoms with Gasteiger partial charge in [-0.05, 0) is 98.0 Å². The maximum absolute atomic E-state index is 12.1. The number of benzene rings is 1. The molecule has 0 unspecified atom stereocenters. The highest BCUT2D eigenvalue weighted by Gasteiger charge is 2.61. The summed E-state index contributed by atoms with van der Waals surface area (Å²) >= 11 is 0. The first-order valence-electron chi connectivity index (χ1n) is 12.2. The van der Waals surface area contributed by atoms with E-state index in [0.717, 1.165) is 49.9 Å². The predicted octanol–water partition coefficient (Wildman–Crippen LogP) is 6.13. The lowest BCUT2D eigenvalue weighted by molar-refractivity contribution is -0.120. The van der Waals surface area contributed by atoms with E-state index in [4.69, 9.17) is 0 Å². The van der Waals surface area contributed by atoms with E-state index in [1.807, 2.05) is 6.08 Å². The molecule has 1 aromatic carbocycles. The molecule has 7 atom stereocenters. The molecule has 0 heterocycles. The molecule has 0 radical (unpaired) electrons. The van der Waals surface area contributed by atoms with Gasteiger partial charge >= 0.3 is 0 Å². The minimum Gasteiger partial charge on any atom is -0.390 e. The first kappa shape index (κ1) is 20.5. The van der Waals surface area contributed by atoms with Gasteiger partial charge < -0.3 is 5.11 Å². The Morgan fingerprint density at radius 1 is 1.00 bits per heavy atom. The Morgan fingerprint density at radius 3 is 2.53 bits per heavy atom. The summed E-state index contributed by atoms with van der Waals surface area (Å²) < 4.78 is 0. The molecule has 0 saturated heterocycles. The molecular formula is C28H38O2. The molecule has 4 aliphatic carbocycles. The summed E-state index contributed by atoms with van der Waals surface area (Å²) in [5.41, 5.74) is 2.52. The van der Waals surface area contributed by atoms with E-state index in [2.05, 4.69) is 51.1 Å². The topological polar surface area (TPSA) is 37.3 Å². The van der Waals surface area contributed by atoms with Gasteiger partial charge in [0.05, 0.1) is 5.60 Å². The van der Waals surface area contributed by atoms with E-state index in [0.29, 0.717) is 11.7 Å². The SMILES string of the molecule is C[C@]12CC[C@H]3[C@@H](CCC4=CC(=O)CC[C@@]43C)[C@@H]1CC[C@@H]2[C@@](C)(O)Cc1ccccc1. The normalized spacial score (nSPS) is 42.5.